The van der Waals surface area contributed by atoms with Crippen molar-refractivity contribution in [2.45, 2.75) is 13.5 Å². The summed E-state index contributed by atoms with van der Waals surface area (Å²) >= 11 is 7.52. The zero-order valence-corrected chi connectivity index (χ0v) is 18.8. The summed E-state index contributed by atoms with van der Waals surface area (Å²) in [5.74, 6) is 0.561. The van der Waals surface area contributed by atoms with Crippen LogP contribution in [0.5, 0.6) is 5.75 Å². The second-order valence-corrected chi connectivity index (χ2v) is 8.55. The molecule has 0 spiro atoms. The number of halogens is 1. The van der Waals surface area contributed by atoms with E-state index in [9.17, 15) is 4.79 Å². The number of ether oxygens (including phenoxy) is 1. The Morgan fingerprint density at radius 3 is 2.52 bits per heavy atom. The van der Waals surface area contributed by atoms with Gasteiger partial charge in [0.25, 0.3) is 5.91 Å². The van der Waals surface area contributed by atoms with E-state index >= 15 is 0 Å². The molecule has 3 aromatic rings. The van der Waals surface area contributed by atoms with Crippen LogP contribution < -0.4 is 4.74 Å². The predicted molar refractivity (Wildman–Crippen MR) is 129 cm³/mol. The molecule has 0 aromatic heterocycles. The average molecular weight is 449 g/mol. The van der Waals surface area contributed by atoms with E-state index in [0.717, 1.165) is 22.4 Å². The Labute approximate surface area is 191 Å². The van der Waals surface area contributed by atoms with E-state index < -0.39 is 0 Å². The molecular formula is C25H21ClN2O2S. The lowest BCUT2D eigenvalue weighted by atomic mass is 10.1. The summed E-state index contributed by atoms with van der Waals surface area (Å²) in [6.07, 6.45) is 1.81. The lowest BCUT2D eigenvalue weighted by Crippen LogP contribution is -2.28. The average Bonchev–Trinajstić information content (AvgIpc) is 3.05. The number of aliphatic imine (C=N–C) groups is 1. The van der Waals surface area contributed by atoms with Crippen molar-refractivity contribution in [1.82, 2.24) is 4.90 Å². The van der Waals surface area contributed by atoms with Gasteiger partial charge in [0, 0.05) is 10.6 Å². The molecule has 0 radical (unpaired) electrons. The molecule has 0 saturated carbocycles. The number of aryl methyl sites for hydroxylation is 1. The van der Waals surface area contributed by atoms with Gasteiger partial charge in [0.05, 0.1) is 24.2 Å². The van der Waals surface area contributed by atoms with Gasteiger partial charge in [0.2, 0.25) is 0 Å². The first-order chi connectivity index (χ1) is 15.0. The summed E-state index contributed by atoms with van der Waals surface area (Å²) in [5.41, 5.74) is 3.76. The van der Waals surface area contributed by atoms with Crippen molar-refractivity contribution in [3.8, 4) is 5.75 Å². The number of carbonyl (C=O) groups is 1. The molecule has 4 nitrogen and oxygen atoms in total. The fourth-order valence-electron chi connectivity index (χ4n) is 3.19. The van der Waals surface area contributed by atoms with Crippen LogP contribution in [0.2, 0.25) is 5.02 Å². The van der Waals surface area contributed by atoms with Gasteiger partial charge in [-0.3, -0.25) is 9.69 Å². The molecule has 0 atom stereocenters. The molecule has 1 aliphatic heterocycles. The van der Waals surface area contributed by atoms with Crippen LogP contribution in [0.15, 0.2) is 82.7 Å². The first-order valence-electron chi connectivity index (χ1n) is 9.78. The van der Waals surface area contributed by atoms with Crippen molar-refractivity contribution in [3.63, 3.8) is 0 Å². The number of benzene rings is 3. The SMILES string of the molecule is COc1ccc(Cl)cc1/C=C1/SC(=Nc2ccc(C)cc2)N(Cc2ccccc2)C1=O. The van der Waals surface area contributed by atoms with Crippen LogP contribution >= 0.6 is 23.4 Å². The van der Waals surface area contributed by atoms with E-state index in [1.54, 1.807) is 30.2 Å². The Kier molecular flexibility index (Phi) is 6.44. The number of nitrogens with zero attached hydrogens (tertiary/aromatic N) is 2. The number of methoxy groups -OCH3 is 1. The summed E-state index contributed by atoms with van der Waals surface area (Å²) in [7, 11) is 1.60. The smallest absolute Gasteiger partial charge is 0.267 e. The van der Waals surface area contributed by atoms with Gasteiger partial charge in [-0.1, -0.05) is 59.6 Å². The number of hydrogen-bond acceptors (Lipinski definition) is 4. The molecule has 1 fully saturated rings. The standard InChI is InChI=1S/C25H21ClN2O2S/c1-17-8-11-21(12-9-17)27-25-28(16-18-6-4-3-5-7-18)24(29)23(31-25)15-19-14-20(26)10-13-22(19)30-2/h3-15H,16H2,1-2H3/b23-15+,27-25?. The van der Waals surface area contributed by atoms with Crippen LogP contribution in [0.4, 0.5) is 5.69 Å². The Bertz CT molecular complexity index is 1160. The van der Waals surface area contributed by atoms with Crippen LogP contribution in [-0.2, 0) is 11.3 Å². The second-order valence-electron chi connectivity index (χ2n) is 7.10. The van der Waals surface area contributed by atoms with Gasteiger partial charge >= 0.3 is 0 Å². The molecule has 6 heteroatoms. The van der Waals surface area contributed by atoms with Crippen molar-refractivity contribution in [2.75, 3.05) is 7.11 Å². The van der Waals surface area contributed by atoms with Crippen LogP contribution in [0.25, 0.3) is 6.08 Å². The number of amidine groups is 1. The molecule has 3 aromatic carbocycles. The normalized spacial score (nSPS) is 16.4. The highest BCUT2D eigenvalue weighted by atomic mass is 35.5. The molecule has 0 aliphatic carbocycles. The highest BCUT2D eigenvalue weighted by Crippen LogP contribution is 2.37. The van der Waals surface area contributed by atoms with Gasteiger partial charge in [0.1, 0.15) is 5.75 Å². The highest BCUT2D eigenvalue weighted by Gasteiger charge is 2.33. The third-order valence-electron chi connectivity index (χ3n) is 4.81. The lowest BCUT2D eigenvalue weighted by Gasteiger charge is -2.15. The molecule has 4 rings (SSSR count). The minimum absolute atomic E-state index is 0.0956. The molecule has 1 aliphatic rings. The summed E-state index contributed by atoms with van der Waals surface area (Å²) in [5, 5.41) is 1.22. The topological polar surface area (TPSA) is 41.9 Å². The molecule has 1 amide bonds. The van der Waals surface area contributed by atoms with Crippen LogP contribution in [0, 0.1) is 6.92 Å². The van der Waals surface area contributed by atoms with Crippen molar-refractivity contribution < 1.29 is 9.53 Å². The molecule has 156 valence electrons. The molecule has 1 saturated heterocycles. The van der Waals surface area contributed by atoms with Crippen molar-refractivity contribution in [1.29, 1.82) is 0 Å². The van der Waals surface area contributed by atoms with Gasteiger partial charge in [-0.05, 0) is 60.7 Å². The fourth-order valence-corrected chi connectivity index (χ4v) is 4.36. The zero-order valence-electron chi connectivity index (χ0n) is 17.2. The third-order valence-corrected chi connectivity index (χ3v) is 6.05. The molecule has 1 heterocycles. The Balaban J connectivity index is 1.73. The first-order valence-corrected chi connectivity index (χ1v) is 11.0. The third kappa shape index (κ3) is 5.01. The van der Waals surface area contributed by atoms with E-state index in [4.69, 9.17) is 21.3 Å². The molecular weight excluding hydrogens is 428 g/mol. The molecule has 31 heavy (non-hydrogen) atoms. The number of thioether (sulfide) groups is 1. The number of hydrogen-bond donors (Lipinski definition) is 0. The van der Waals surface area contributed by atoms with Gasteiger partial charge in [-0.15, -0.1) is 0 Å². The van der Waals surface area contributed by atoms with Gasteiger partial charge in [0.15, 0.2) is 5.17 Å². The van der Waals surface area contributed by atoms with Gasteiger partial charge in [-0.25, -0.2) is 4.99 Å². The van der Waals surface area contributed by atoms with Crippen molar-refractivity contribution in [3.05, 3.63) is 99.4 Å². The maximum Gasteiger partial charge on any atom is 0.267 e. The van der Waals surface area contributed by atoms with Gasteiger partial charge in [-0.2, -0.15) is 0 Å². The Hall–Kier alpha value is -3.02. The minimum Gasteiger partial charge on any atom is -0.496 e. The maximum atomic E-state index is 13.3. The monoisotopic (exact) mass is 448 g/mol. The molecule has 0 bridgehead atoms. The van der Waals surface area contributed by atoms with E-state index in [0.29, 0.717) is 27.4 Å². The molecule has 0 N–H and O–H groups in total. The van der Waals surface area contributed by atoms with E-state index in [1.807, 2.05) is 67.6 Å². The Morgan fingerprint density at radius 2 is 1.81 bits per heavy atom. The Morgan fingerprint density at radius 1 is 1.06 bits per heavy atom. The summed E-state index contributed by atoms with van der Waals surface area (Å²) in [6.45, 7) is 2.48. The minimum atomic E-state index is -0.0956. The van der Waals surface area contributed by atoms with E-state index in [2.05, 4.69) is 0 Å². The number of carbonyl (C=O) groups excluding carboxylic acids is 1. The second kappa shape index (κ2) is 9.41. The fraction of sp³-hybridized carbons (Fsp3) is 0.120. The van der Waals surface area contributed by atoms with Crippen molar-refractivity contribution in [2.24, 2.45) is 4.99 Å². The highest BCUT2D eigenvalue weighted by molar-refractivity contribution is 8.18. The number of rotatable bonds is 5. The quantitative estimate of drug-likeness (QED) is 0.420. The van der Waals surface area contributed by atoms with Crippen LogP contribution in [0.3, 0.4) is 0 Å². The van der Waals surface area contributed by atoms with Crippen LogP contribution in [-0.4, -0.2) is 23.1 Å². The predicted octanol–water partition coefficient (Wildman–Crippen LogP) is 6.46. The zero-order chi connectivity index (χ0) is 21.8. The van der Waals surface area contributed by atoms with E-state index in [-0.39, 0.29) is 5.91 Å². The molecule has 0 unspecified atom stereocenters. The van der Waals surface area contributed by atoms with Crippen molar-refractivity contribution >= 4 is 46.2 Å². The number of amides is 1. The van der Waals surface area contributed by atoms with Crippen LogP contribution in [0.1, 0.15) is 16.7 Å². The summed E-state index contributed by atoms with van der Waals surface area (Å²) in [6, 6.07) is 23.2. The van der Waals surface area contributed by atoms with Gasteiger partial charge < -0.3 is 4.74 Å². The maximum absolute atomic E-state index is 13.3. The lowest BCUT2D eigenvalue weighted by molar-refractivity contribution is -0.122. The summed E-state index contributed by atoms with van der Waals surface area (Å²) < 4.78 is 5.43. The first kappa shape index (κ1) is 21.2. The largest absolute Gasteiger partial charge is 0.496 e. The summed E-state index contributed by atoms with van der Waals surface area (Å²) in [4.78, 5) is 20.4. The van der Waals surface area contributed by atoms with E-state index in [1.165, 1.54) is 11.8 Å².